The van der Waals surface area contributed by atoms with Crippen LogP contribution in [0.3, 0.4) is 0 Å². The number of ether oxygens (including phenoxy) is 1. The normalized spacial score (nSPS) is 12.5. The van der Waals surface area contributed by atoms with Gasteiger partial charge in [0.1, 0.15) is 11.3 Å². The minimum absolute atomic E-state index is 0.474. The Morgan fingerprint density at radius 3 is 2.79 bits per heavy atom. The van der Waals surface area contributed by atoms with Gasteiger partial charge in [0, 0.05) is 12.1 Å². The quantitative estimate of drug-likeness (QED) is 0.586. The van der Waals surface area contributed by atoms with Crippen LogP contribution in [0.15, 0.2) is 18.1 Å². The number of nitro benzene ring substituents is 1. The minimum atomic E-state index is -1.71. The molecule has 0 amide bonds. The van der Waals surface area contributed by atoms with E-state index in [9.17, 15) is 14.9 Å². The van der Waals surface area contributed by atoms with Crippen LogP contribution in [0.4, 0.5) is 5.69 Å². The van der Waals surface area contributed by atoms with Gasteiger partial charge in [-0.25, -0.2) is 4.79 Å². The monoisotopic (exact) mass is 200 g/mol. The van der Waals surface area contributed by atoms with Gasteiger partial charge in [-0.1, -0.05) is 0 Å². The molecule has 74 valence electrons. The van der Waals surface area contributed by atoms with Gasteiger partial charge in [0.05, 0.1) is 16.1 Å². The highest BCUT2D eigenvalue weighted by molar-refractivity contribution is 5.92. The second kappa shape index (κ2) is 3.73. The zero-order valence-corrected chi connectivity index (χ0v) is 7.03. The van der Waals surface area contributed by atoms with Crippen molar-refractivity contribution in [3.63, 3.8) is 0 Å². The molecular formula is C8H7NO5. The van der Waals surface area contributed by atoms with Crippen molar-refractivity contribution in [1.82, 2.24) is 0 Å². The Bertz CT molecular complexity index is 517. The van der Waals surface area contributed by atoms with Crippen molar-refractivity contribution in [2.45, 2.75) is 0 Å². The van der Waals surface area contributed by atoms with Crippen LogP contribution in [0.5, 0.6) is 5.75 Å². The summed E-state index contributed by atoms with van der Waals surface area (Å²) in [6, 6.07) is -2.36. The van der Waals surface area contributed by atoms with Gasteiger partial charge in [-0.3, -0.25) is 10.1 Å². The molecule has 1 rings (SSSR count). The number of benzene rings is 1. The predicted molar refractivity (Wildman–Crippen MR) is 46.6 cm³/mol. The number of methoxy groups -OCH3 is 1. The Labute approximate surface area is 83.1 Å². The molecule has 0 saturated heterocycles. The van der Waals surface area contributed by atoms with E-state index in [2.05, 4.69) is 4.74 Å². The maximum Gasteiger partial charge on any atom is 0.342 e. The van der Waals surface area contributed by atoms with Gasteiger partial charge in [-0.2, -0.15) is 0 Å². The number of rotatable bonds is 3. The lowest BCUT2D eigenvalue weighted by Crippen LogP contribution is -2.02. The molecule has 0 heterocycles. The predicted octanol–water partition coefficient (Wildman–Crippen LogP) is 1.30. The zero-order chi connectivity index (χ0) is 13.3. The Hall–Kier alpha value is -2.11. The van der Waals surface area contributed by atoms with Crippen LogP contribution in [-0.4, -0.2) is 23.1 Å². The number of hydrogen-bond donors (Lipinski definition) is 1. The van der Waals surface area contributed by atoms with E-state index < -0.39 is 46.0 Å². The summed E-state index contributed by atoms with van der Waals surface area (Å²) in [6.07, 6.45) is 0. The lowest BCUT2D eigenvalue weighted by atomic mass is 10.2. The highest BCUT2D eigenvalue weighted by Crippen LogP contribution is 2.23. The molecule has 0 unspecified atom stereocenters. The zero-order valence-electron chi connectivity index (χ0n) is 10.0. The molecule has 0 aliphatic heterocycles. The van der Waals surface area contributed by atoms with Crippen LogP contribution < -0.4 is 4.74 Å². The molecule has 1 aromatic carbocycles. The fourth-order valence-corrected chi connectivity index (χ4v) is 0.776. The molecule has 1 aromatic rings. The summed E-state index contributed by atoms with van der Waals surface area (Å²) >= 11 is 0. The summed E-state index contributed by atoms with van der Waals surface area (Å²) < 4.78 is 26.8. The molecule has 0 spiro atoms. The largest absolute Gasteiger partial charge is 0.497 e. The Morgan fingerprint density at radius 2 is 2.36 bits per heavy atom. The van der Waals surface area contributed by atoms with E-state index in [4.69, 9.17) is 9.22 Å². The van der Waals surface area contributed by atoms with Gasteiger partial charge >= 0.3 is 5.97 Å². The minimum Gasteiger partial charge on any atom is -0.497 e. The highest BCUT2D eigenvalue weighted by atomic mass is 16.6. The number of hydrogen-bond acceptors (Lipinski definition) is 4. The third kappa shape index (κ3) is 1.79. The lowest BCUT2D eigenvalue weighted by Gasteiger charge is -2.01. The van der Waals surface area contributed by atoms with Crippen molar-refractivity contribution < 1.29 is 23.7 Å². The fourth-order valence-electron chi connectivity index (χ4n) is 0.776. The topological polar surface area (TPSA) is 89.7 Å². The standard InChI is InChI=1S/C8H7NO5/c1-14-5-2-3-7(9(12)13)6(4-5)8(10)11/h2-4H,1H3,(H,10,11)/i2D,3D,4D. The second-order valence-electron chi connectivity index (χ2n) is 2.19. The van der Waals surface area contributed by atoms with Gasteiger partial charge < -0.3 is 9.84 Å². The number of nitrogens with zero attached hydrogens (tertiary/aromatic N) is 1. The maximum absolute atomic E-state index is 10.9. The van der Waals surface area contributed by atoms with E-state index in [1.165, 1.54) is 0 Å². The van der Waals surface area contributed by atoms with Crippen molar-refractivity contribution in [2.24, 2.45) is 0 Å². The number of carboxylic acids is 1. The number of carboxylic acid groups (broad SMARTS) is 1. The van der Waals surface area contributed by atoms with E-state index >= 15 is 0 Å². The fraction of sp³-hybridized carbons (Fsp3) is 0.125. The van der Waals surface area contributed by atoms with Crippen molar-refractivity contribution in [2.75, 3.05) is 7.11 Å². The number of aromatic carboxylic acids is 1. The van der Waals surface area contributed by atoms with Crippen molar-refractivity contribution in [1.29, 1.82) is 0 Å². The Morgan fingerprint density at radius 1 is 1.71 bits per heavy atom. The molecule has 0 bridgehead atoms. The lowest BCUT2D eigenvalue weighted by molar-refractivity contribution is -0.385. The first kappa shape index (κ1) is 6.36. The molecule has 0 aliphatic carbocycles. The van der Waals surface area contributed by atoms with Gasteiger partial charge in [-0.15, -0.1) is 0 Å². The first-order chi connectivity index (χ1) is 7.82. The van der Waals surface area contributed by atoms with Crippen molar-refractivity contribution in [3.8, 4) is 5.75 Å². The Kier molecular flexibility index (Phi) is 1.70. The van der Waals surface area contributed by atoms with Gasteiger partial charge in [0.15, 0.2) is 0 Å². The van der Waals surface area contributed by atoms with Crippen molar-refractivity contribution in [3.05, 3.63) is 33.8 Å². The maximum atomic E-state index is 10.9. The molecule has 0 aliphatic rings. The molecule has 0 aromatic heterocycles. The van der Waals surface area contributed by atoms with Crippen LogP contribution in [0.1, 0.15) is 14.5 Å². The van der Waals surface area contributed by atoms with E-state index in [1.807, 2.05) is 0 Å². The molecule has 0 saturated carbocycles. The first-order valence-electron chi connectivity index (χ1n) is 4.88. The molecule has 6 nitrogen and oxygen atoms in total. The van der Waals surface area contributed by atoms with E-state index in [-0.39, 0.29) is 0 Å². The summed E-state index contributed by atoms with van der Waals surface area (Å²) in [7, 11) is 1.09. The number of nitro groups is 1. The molecule has 14 heavy (non-hydrogen) atoms. The molecule has 0 radical (unpaired) electrons. The smallest absolute Gasteiger partial charge is 0.342 e. The van der Waals surface area contributed by atoms with Crippen molar-refractivity contribution >= 4 is 11.7 Å². The summed E-state index contributed by atoms with van der Waals surface area (Å²) in [4.78, 5) is 20.4. The first-order valence-corrected chi connectivity index (χ1v) is 3.38. The van der Waals surface area contributed by atoms with E-state index in [1.54, 1.807) is 0 Å². The van der Waals surface area contributed by atoms with Gasteiger partial charge in [0.25, 0.3) is 5.69 Å². The third-order valence-corrected chi connectivity index (χ3v) is 1.37. The average Bonchev–Trinajstić information content (AvgIpc) is 2.22. The molecule has 0 fully saturated rings. The van der Waals surface area contributed by atoms with E-state index in [0.29, 0.717) is 0 Å². The van der Waals surface area contributed by atoms with Crippen LogP contribution in [0.2, 0.25) is 0 Å². The van der Waals surface area contributed by atoms with Crippen LogP contribution in [0, 0.1) is 10.1 Å². The average molecular weight is 200 g/mol. The summed E-state index contributed by atoms with van der Waals surface area (Å²) in [6.45, 7) is 0. The summed E-state index contributed by atoms with van der Waals surface area (Å²) in [5.74, 6) is -2.19. The van der Waals surface area contributed by atoms with Crippen LogP contribution >= 0.6 is 0 Å². The second-order valence-corrected chi connectivity index (χ2v) is 2.19. The van der Waals surface area contributed by atoms with Gasteiger partial charge in [-0.05, 0) is 6.04 Å². The molecule has 1 N–H and O–H groups in total. The van der Waals surface area contributed by atoms with E-state index in [0.717, 1.165) is 7.11 Å². The highest BCUT2D eigenvalue weighted by Gasteiger charge is 2.19. The number of carbonyl (C=O) groups is 1. The SMILES string of the molecule is [2H]c1c([2H])c([N+](=O)[O-])c(C(=O)O)c([2H])c1OC. The third-order valence-electron chi connectivity index (χ3n) is 1.37. The molecule has 6 heteroatoms. The Balaban J connectivity index is 3.84. The van der Waals surface area contributed by atoms with Crippen LogP contribution in [-0.2, 0) is 0 Å². The van der Waals surface area contributed by atoms with Crippen LogP contribution in [0.25, 0.3) is 0 Å². The molecule has 0 atom stereocenters. The van der Waals surface area contributed by atoms with Gasteiger partial charge in [0.2, 0.25) is 0 Å². The summed E-state index contributed by atoms with van der Waals surface area (Å²) in [5.41, 5.74) is -2.03. The summed E-state index contributed by atoms with van der Waals surface area (Å²) in [5, 5.41) is 19.5. The molecular weight excluding hydrogens is 190 g/mol.